The highest BCUT2D eigenvalue weighted by molar-refractivity contribution is 6.31. The molecule has 0 atom stereocenters. The smallest absolute Gasteiger partial charge is 0.337 e. The number of para-hydroxylation sites is 2. The summed E-state index contributed by atoms with van der Waals surface area (Å²) < 4.78 is 4.06. The molecule has 10 rings (SSSR count). The minimum absolute atomic E-state index is 0. The standard InChI is InChI=1S/C27H24ClN5O.C19H13ClN2O2.C8H13N3.ClH/c1-16-9-26(29)32-17(2)22(16)13-31-27(34)23-15-33(25-6-4-3-5-21(23)25)14-18-7-8-24-19(10-18)11-20(28)12-30-24;20-14-8-13-7-12(5-6-17(13)21-9-14)10-22-11-16(19(23)24)15-3-1-2-4-18(15)22;1-5-3-8(10)11-6(2)7(5)4-9;/h3-12,15H,13-14H2,1-2H3,(H2,29,32)(H,31,34);1-9,11H,10H2,(H,23,24);3H,4,9H2,1-2H3,(H2,10,11);1H. The largest absolute Gasteiger partial charge is 0.478 e. The van der Waals surface area contributed by atoms with E-state index in [0.29, 0.717) is 59.0 Å². The van der Waals surface area contributed by atoms with Gasteiger partial charge in [-0.1, -0.05) is 71.7 Å². The molecule has 0 saturated heterocycles. The number of nitrogens with one attached hydrogen (secondary N) is 1. The normalized spacial score (nSPS) is 10.9. The van der Waals surface area contributed by atoms with Crippen molar-refractivity contribution in [2.24, 2.45) is 5.73 Å². The summed E-state index contributed by atoms with van der Waals surface area (Å²) in [6, 6.07) is 35.0. The summed E-state index contributed by atoms with van der Waals surface area (Å²) in [5, 5.41) is 17.3. The van der Waals surface area contributed by atoms with Crippen LogP contribution >= 0.6 is 35.6 Å². The molecule has 0 spiro atoms. The number of fused-ring (bicyclic) bond motifs is 4. The molecule has 8 N–H and O–H groups in total. The fourth-order valence-electron chi connectivity index (χ4n) is 8.62. The predicted molar refractivity (Wildman–Crippen MR) is 285 cm³/mol. The molecular weight excluding hydrogens is 943 g/mol. The van der Waals surface area contributed by atoms with Gasteiger partial charge < -0.3 is 36.8 Å². The molecule has 6 aromatic heterocycles. The summed E-state index contributed by atoms with van der Waals surface area (Å²) in [7, 11) is 0. The van der Waals surface area contributed by atoms with Gasteiger partial charge in [0.2, 0.25) is 0 Å². The van der Waals surface area contributed by atoms with Crippen LogP contribution in [0.4, 0.5) is 11.6 Å². The number of anilines is 2. The molecule has 0 fully saturated rings. The van der Waals surface area contributed by atoms with Crippen molar-refractivity contribution in [1.29, 1.82) is 0 Å². The third-order valence-electron chi connectivity index (χ3n) is 12.0. The van der Waals surface area contributed by atoms with Gasteiger partial charge in [0.05, 0.1) is 32.2 Å². The topological polar surface area (TPSA) is 206 Å². The highest BCUT2D eigenvalue weighted by Crippen LogP contribution is 2.27. The number of halogens is 3. The molecule has 0 saturated carbocycles. The van der Waals surface area contributed by atoms with Crippen LogP contribution in [0.2, 0.25) is 10.0 Å². The second-order valence-electron chi connectivity index (χ2n) is 16.8. The maximum Gasteiger partial charge on any atom is 0.337 e. The second-order valence-corrected chi connectivity index (χ2v) is 17.7. The maximum absolute atomic E-state index is 13.2. The van der Waals surface area contributed by atoms with Gasteiger partial charge in [0, 0.05) is 94.9 Å². The number of benzene rings is 4. The van der Waals surface area contributed by atoms with Gasteiger partial charge in [-0.05, 0) is 122 Å². The van der Waals surface area contributed by atoms with Gasteiger partial charge in [0.15, 0.2) is 0 Å². The first-order chi connectivity index (χ1) is 33.1. The van der Waals surface area contributed by atoms with Gasteiger partial charge in [0.1, 0.15) is 11.6 Å². The Bertz CT molecular complexity index is 3530. The number of carbonyl (C=O) groups excluding carboxylic acids is 1. The van der Waals surface area contributed by atoms with E-state index in [1.807, 2.05) is 136 Å². The van der Waals surface area contributed by atoms with E-state index in [2.05, 4.69) is 42.0 Å². The van der Waals surface area contributed by atoms with Crippen molar-refractivity contribution in [2.75, 3.05) is 11.5 Å². The Morgan fingerprint density at radius 2 is 1.09 bits per heavy atom. The Labute approximate surface area is 420 Å². The average molecular weight is 994 g/mol. The van der Waals surface area contributed by atoms with Gasteiger partial charge in [0.25, 0.3) is 5.91 Å². The predicted octanol–water partition coefficient (Wildman–Crippen LogP) is 11.2. The first-order valence-electron chi connectivity index (χ1n) is 22.1. The summed E-state index contributed by atoms with van der Waals surface area (Å²) in [6.07, 6.45) is 6.88. The van der Waals surface area contributed by atoms with Crippen molar-refractivity contribution >= 4 is 103 Å². The number of aryl methyl sites for hydroxylation is 4. The van der Waals surface area contributed by atoms with E-state index in [4.69, 9.17) is 40.4 Å². The number of carboxylic acid groups (broad SMARTS) is 1. The summed E-state index contributed by atoms with van der Waals surface area (Å²) in [5.74, 6) is 0.0107. The molecule has 4 aromatic carbocycles. The van der Waals surface area contributed by atoms with E-state index in [0.717, 1.165) is 88.4 Å². The van der Waals surface area contributed by atoms with E-state index in [-0.39, 0.29) is 18.3 Å². The Morgan fingerprint density at radius 3 is 1.56 bits per heavy atom. The monoisotopic (exact) mass is 992 g/mol. The zero-order valence-corrected chi connectivity index (χ0v) is 41.2. The van der Waals surface area contributed by atoms with E-state index in [1.54, 1.807) is 18.6 Å². The van der Waals surface area contributed by atoms with Crippen molar-refractivity contribution in [2.45, 2.75) is 53.9 Å². The molecule has 0 radical (unpaired) electrons. The lowest BCUT2D eigenvalue weighted by molar-refractivity contribution is 0.0698. The first-order valence-corrected chi connectivity index (χ1v) is 22.8. The van der Waals surface area contributed by atoms with Crippen LogP contribution < -0.4 is 22.5 Å². The fraction of sp³-hybridized carbons (Fsp3) is 0.148. The lowest BCUT2D eigenvalue weighted by Crippen LogP contribution is -2.24. The molecule has 0 aliphatic rings. The van der Waals surface area contributed by atoms with Gasteiger partial charge in [-0.2, -0.15) is 0 Å². The number of nitrogens with two attached hydrogens (primary N) is 3. The van der Waals surface area contributed by atoms with Crippen LogP contribution in [0.15, 0.2) is 134 Å². The molecule has 13 nitrogen and oxygen atoms in total. The van der Waals surface area contributed by atoms with Crippen LogP contribution in [0.5, 0.6) is 0 Å². The number of carbonyl (C=O) groups is 2. The Hall–Kier alpha value is -7.55. The van der Waals surface area contributed by atoms with E-state index >= 15 is 0 Å². The molecule has 10 aromatic rings. The highest BCUT2D eigenvalue weighted by Gasteiger charge is 2.17. The minimum atomic E-state index is -0.917. The zero-order chi connectivity index (χ0) is 48.9. The highest BCUT2D eigenvalue weighted by atomic mass is 35.5. The lowest BCUT2D eigenvalue weighted by atomic mass is 10.1. The zero-order valence-electron chi connectivity index (χ0n) is 38.9. The number of aromatic nitrogens is 6. The number of rotatable bonds is 9. The molecule has 0 unspecified atom stereocenters. The Balaban J connectivity index is 0.000000174. The van der Waals surface area contributed by atoms with Crippen molar-refractivity contribution in [3.05, 3.63) is 200 Å². The number of carboxylic acids is 1. The quantitative estimate of drug-likeness (QED) is 0.0925. The third kappa shape index (κ3) is 11.3. The lowest BCUT2D eigenvalue weighted by Gasteiger charge is -2.11. The van der Waals surface area contributed by atoms with Crippen LogP contribution in [0, 0.1) is 27.7 Å². The number of hydrogen-bond acceptors (Lipinski definition) is 9. The van der Waals surface area contributed by atoms with Crippen molar-refractivity contribution in [1.82, 2.24) is 34.4 Å². The van der Waals surface area contributed by atoms with E-state index < -0.39 is 5.97 Å². The van der Waals surface area contributed by atoms with E-state index in [9.17, 15) is 14.7 Å². The summed E-state index contributed by atoms with van der Waals surface area (Å²) >= 11 is 12.1. The van der Waals surface area contributed by atoms with Crippen LogP contribution in [0.25, 0.3) is 43.6 Å². The molecule has 6 heterocycles. The molecule has 0 aliphatic carbocycles. The maximum atomic E-state index is 13.2. The van der Waals surface area contributed by atoms with E-state index in [1.165, 1.54) is 0 Å². The van der Waals surface area contributed by atoms with Crippen molar-refractivity contribution in [3.8, 4) is 0 Å². The Kier molecular flexibility index (Phi) is 15.7. The summed E-state index contributed by atoms with van der Waals surface area (Å²) in [5.41, 5.74) is 29.6. The van der Waals surface area contributed by atoms with Crippen LogP contribution in [0.3, 0.4) is 0 Å². The van der Waals surface area contributed by atoms with Crippen LogP contribution in [0.1, 0.15) is 65.5 Å². The summed E-state index contributed by atoms with van der Waals surface area (Å²) in [6.45, 7) is 9.92. The summed E-state index contributed by atoms with van der Waals surface area (Å²) in [4.78, 5) is 41.7. The number of aromatic carboxylic acids is 1. The van der Waals surface area contributed by atoms with Gasteiger partial charge >= 0.3 is 5.97 Å². The molecule has 70 heavy (non-hydrogen) atoms. The molecular formula is C54H51Cl3N10O3. The number of amides is 1. The number of hydrogen-bond donors (Lipinski definition) is 5. The van der Waals surface area contributed by atoms with Gasteiger partial charge in [-0.15, -0.1) is 12.4 Å². The first kappa shape index (κ1) is 50.3. The van der Waals surface area contributed by atoms with Crippen molar-refractivity contribution < 1.29 is 14.7 Å². The SMILES string of the molecule is Cc1cc(N)nc(C)c1CN.Cc1cc(N)nc(C)c1CNC(=O)c1cn(Cc2ccc3ncc(Cl)cc3c2)c2ccccc12.Cl.O=C(O)c1cn(Cc2ccc3ncc(Cl)cc3c2)c2ccccc12. The molecule has 356 valence electrons. The van der Waals surface area contributed by atoms with Gasteiger partial charge in [-0.25, -0.2) is 14.8 Å². The second kappa shape index (κ2) is 21.8. The van der Waals surface area contributed by atoms with Gasteiger partial charge in [-0.3, -0.25) is 14.8 Å². The molecule has 0 aliphatic heterocycles. The third-order valence-corrected chi connectivity index (χ3v) is 12.4. The van der Waals surface area contributed by atoms with Crippen molar-refractivity contribution in [3.63, 3.8) is 0 Å². The average Bonchev–Trinajstić information content (AvgIpc) is 3.87. The molecule has 0 bridgehead atoms. The molecule has 16 heteroatoms. The number of nitrogen functional groups attached to an aromatic ring is 2. The minimum Gasteiger partial charge on any atom is -0.478 e. The molecule has 1 amide bonds. The number of pyridine rings is 4. The van der Waals surface area contributed by atoms with Crippen LogP contribution in [-0.4, -0.2) is 46.1 Å². The Morgan fingerprint density at radius 1 is 0.629 bits per heavy atom. The van der Waals surface area contributed by atoms with Crippen LogP contribution in [-0.2, 0) is 26.2 Å². The number of nitrogens with zero attached hydrogens (tertiary/aromatic N) is 6. The fourth-order valence-corrected chi connectivity index (χ4v) is 8.95.